The van der Waals surface area contributed by atoms with Gasteiger partial charge < -0.3 is 4.90 Å². The van der Waals surface area contributed by atoms with Crippen LogP contribution in [0.3, 0.4) is 0 Å². The van der Waals surface area contributed by atoms with Crippen LogP contribution in [-0.4, -0.2) is 25.5 Å². The fraction of sp³-hybridized carbons (Fsp3) is 0.222. The smallest absolute Gasteiger partial charge is 0.159 e. The van der Waals surface area contributed by atoms with Crippen molar-refractivity contribution < 1.29 is 8.78 Å². The molecule has 0 N–H and O–H groups in total. The first kappa shape index (κ1) is 19.3. The lowest BCUT2D eigenvalue weighted by Gasteiger charge is -2.23. The zero-order valence-corrected chi connectivity index (χ0v) is 15.7. The second kappa shape index (κ2) is 7.87. The summed E-state index contributed by atoms with van der Waals surface area (Å²) >= 11 is 7.57. The number of halogens is 4. The molecule has 0 amide bonds. The predicted octanol–water partition coefficient (Wildman–Crippen LogP) is 5.89. The molecule has 0 spiro atoms. The number of rotatable bonds is 3. The lowest BCUT2D eigenvalue weighted by atomic mass is 9.95. The third kappa shape index (κ3) is 3.94. The summed E-state index contributed by atoms with van der Waals surface area (Å²) in [5.41, 5.74) is 2.61. The molecule has 0 saturated heterocycles. The van der Waals surface area contributed by atoms with E-state index in [-0.39, 0.29) is 12.4 Å². The van der Waals surface area contributed by atoms with Crippen molar-refractivity contribution in [2.24, 2.45) is 0 Å². The molecule has 0 unspecified atom stereocenters. The van der Waals surface area contributed by atoms with Crippen LogP contribution in [0.15, 0.2) is 46.2 Å². The van der Waals surface area contributed by atoms with E-state index in [0.29, 0.717) is 5.02 Å². The molecule has 2 aromatic rings. The van der Waals surface area contributed by atoms with Crippen molar-refractivity contribution in [3.8, 4) is 0 Å². The van der Waals surface area contributed by atoms with Gasteiger partial charge in [-0.2, -0.15) is 0 Å². The quantitative estimate of drug-likeness (QED) is 0.551. The van der Waals surface area contributed by atoms with Gasteiger partial charge in [0, 0.05) is 21.4 Å². The Morgan fingerprint density at radius 3 is 2.42 bits per heavy atom. The van der Waals surface area contributed by atoms with Crippen LogP contribution in [0.2, 0.25) is 5.02 Å². The van der Waals surface area contributed by atoms with Gasteiger partial charge in [0.05, 0.1) is 0 Å². The molecule has 0 fully saturated rings. The Balaban J connectivity index is 0.00000208. The molecular formula is C18H17Cl2F2NS. The van der Waals surface area contributed by atoms with Crippen LogP contribution in [0.4, 0.5) is 8.78 Å². The Morgan fingerprint density at radius 2 is 1.71 bits per heavy atom. The lowest BCUT2D eigenvalue weighted by molar-refractivity contribution is 0.417. The minimum atomic E-state index is -0.826. The summed E-state index contributed by atoms with van der Waals surface area (Å²) in [7, 11) is 4.01. The molecule has 0 bridgehead atoms. The van der Waals surface area contributed by atoms with Crippen molar-refractivity contribution in [2.75, 3.05) is 20.6 Å². The van der Waals surface area contributed by atoms with Crippen molar-refractivity contribution in [3.05, 3.63) is 64.2 Å². The fourth-order valence-electron chi connectivity index (χ4n) is 2.58. The molecule has 1 nitrogen and oxygen atoms in total. The van der Waals surface area contributed by atoms with Gasteiger partial charge in [-0.25, -0.2) is 8.78 Å². The van der Waals surface area contributed by atoms with Crippen molar-refractivity contribution in [3.63, 3.8) is 0 Å². The molecule has 1 heterocycles. The summed E-state index contributed by atoms with van der Waals surface area (Å²) in [6, 6.07) is 8.17. The van der Waals surface area contributed by atoms with Crippen LogP contribution >= 0.6 is 35.8 Å². The highest BCUT2D eigenvalue weighted by atomic mass is 35.5. The van der Waals surface area contributed by atoms with E-state index in [9.17, 15) is 8.78 Å². The van der Waals surface area contributed by atoms with E-state index >= 15 is 0 Å². The zero-order valence-electron chi connectivity index (χ0n) is 13.3. The van der Waals surface area contributed by atoms with Gasteiger partial charge in [-0.05, 0) is 67.5 Å². The number of hydrogen-bond acceptors (Lipinski definition) is 2. The van der Waals surface area contributed by atoms with Gasteiger partial charge in [0.15, 0.2) is 11.6 Å². The molecule has 0 saturated carbocycles. The third-order valence-electron chi connectivity index (χ3n) is 3.69. The van der Waals surface area contributed by atoms with E-state index < -0.39 is 11.6 Å². The first-order valence-corrected chi connectivity index (χ1v) is 8.47. The number of nitrogens with zero attached hydrogens (tertiary/aromatic N) is 1. The fourth-order valence-corrected chi connectivity index (χ4v) is 3.84. The van der Waals surface area contributed by atoms with Crippen molar-refractivity contribution in [1.82, 2.24) is 4.90 Å². The van der Waals surface area contributed by atoms with E-state index in [4.69, 9.17) is 11.6 Å². The monoisotopic (exact) mass is 387 g/mol. The molecule has 6 heteroatoms. The Kier molecular flexibility index (Phi) is 6.32. The van der Waals surface area contributed by atoms with Crippen molar-refractivity contribution in [2.45, 2.75) is 16.2 Å². The van der Waals surface area contributed by atoms with Gasteiger partial charge in [-0.15, -0.1) is 12.4 Å². The maximum absolute atomic E-state index is 13.7. The van der Waals surface area contributed by atoms with E-state index in [0.717, 1.165) is 39.5 Å². The molecule has 128 valence electrons. The van der Waals surface area contributed by atoms with E-state index in [1.54, 1.807) is 0 Å². The molecule has 1 aliphatic rings. The maximum Gasteiger partial charge on any atom is 0.159 e. The molecule has 0 aromatic heterocycles. The first-order chi connectivity index (χ1) is 11.0. The number of hydrogen-bond donors (Lipinski definition) is 0. The normalized spacial score (nSPS) is 14.3. The summed E-state index contributed by atoms with van der Waals surface area (Å²) in [6.07, 6.45) is 2.89. The molecule has 0 aliphatic carbocycles. The molecular weight excluding hydrogens is 371 g/mol. The Morgan fingerprint density at radius 1 is 1.04 bits per heavy atom. The minimum absolute atomic E-state index is 0. The zero-order chi connectivity index (χ0) is 16.6. The summed E-state index contributed by atoms with van der Waals surface area (Å²) < 4.78 is 27.3. The van der Waals surface area contributed by atoms with E-state index in [1.165, 1.54) is 23.9 Å². The molecule has 3 rings (SSSR count). The minimum Gasteiger partial charge on any atom is -0.309 e. The number of benzene rings is 2. The molecule has 24 heavy (non-hydrogen) atoms. The van der Waals surface area contributed by atoms with Crippen LogP contribution in [0, 0.1) is 11.6 Å². The van der Waals surface area contributed by atoms with Crippen LogP contribution in [0.25, 0.3) is 5.57 Å². The lowest BCUT2D eigenvalue weighted by Crippen LogP contribution is -2.12. The molecule has 2 aromatic carbocycles. The Hall–Kier alpha value is -1.07. The molecule has 0 atom stereocenters. The highest BCUT2D eigenvalue weighted by Crippen LogP contribution is 2.46. The second-order valence-corrected chi connectivity index (χ2v) is 7.23. The van der Waals surface area contributed by atoms with Crippen LogP contribution in [0.1, 0.15) is 17.5 Å². The van der Waals surface area contributed by atoms with Crippen molar-refractivity contribution in [1.29, 1.82) is 0 Å². The van der Waals surface area contributed by atoms with E-state index in [1.807, 2.05) is 32.3 Å². The SMILES string of the molecule is CN(C)CC/C=C1/c2cc(Cl)ccc2Sc2cc(F)c(F)cc21.Cl. The number of fused-ring (bicyclic) bond motifs is 2. The van der Waals surface area contributed by atoms with Crippen LogP contribution < -0.4 is 0 Å². The van der Waals surface area contributed by atoms with Crippen molar-refractivity contribution >= 4 is 41.3 Å². The highest BCUT2D eigenvalue weighted by molar-refractivity contribution is 7.99. The van der Waals surface area contributed by atoms with Gasteiger partial charge in [-0.1, -0.05) is 29.4 Å². The second-order valence-electron chi connectivity index (χ2n) is 5.71. The highest BCUT2D eigenvalue weighted by Gasteiger charge is 2.23. The Bertz CT molecular complexity index is 791. The standard InChI is InChI=1S/C18H16ClF2NS.ClH/c1-22(2)7-3-4-12-13-8-11(19)5-6-17(13)23-18-10-16(21)15(20)9-14(12)18;/h4-6,8-10H,3,7H2,1-2H3;1H/b12-4-;. The summed E-state index contributed by atoms with van der Waals surface area (Å²) in [5.74, 6) is -1.64. The summed E-state index contributed by atoms with van der Waals surface area (Å²) in [6.45, 7) is 0.881. The third-order valence-corrected chi connectivity index (χ3v) is 5.06. The first-order valence-electron chi connectivity index (χ1n) is 7.28. The van der Waals surface area contributed by atoms with Gasteiger partial charge in [0.25, 0.3) is 0 Å². The Labute approximate surface area is 156 Å². The van der Waals surface area contributed by atoms with Gasteiger partial charge >= 0.3 is 0 Å². The maximum atomic E-state index is 13.7. The van der Waals surface area contributed by atoms with Gasteiger partial charge in [0.1, 0.15) is 0 Å². The van der Waals surface area contributed by atoms with Gasteiger partial charge in [0.2, 0.25) is 0 Å². The topological polar surface area (TPSA) is 3.24 Å². The molecule has 1 aliphatic heterocycles. The summed E-state index contributed by atoms with van der Waals surface area (Å²) in [4.78, 5) is 3.82. The predicted molar refractivity (Wildman–Crippen MR) is 99.4 cm³/mol. The van der Waals surface area contributed by atoms with Crippen LogP contribution in [0.5, 0.6) is 0 Å². The molecule has 0 radical (unpaired) electrons. The largest absolute Gasteiger partial charge is 0.309 e. The van der Waals surface area contributed by atoms with Crippen LogP contribution in [-0.2, 0) is 0 Å². The average Bonchev–Trinajstić information content (AvgIpc) is 2.49. The summed E-state index contributed by atoms with van der Waals surface area (Å²) in [5, 5.41) is 0.633. The van der Waals surface area contributed by atoms with E-state index in [2.05, 4.69) is 11.0 Å². The van der Waals surface area contributed by atoms with Gasteiger partial charge in [-0.3, -0.25) is 0 Å². The average molecular weight is 388 g/mol.